The summed E-state index contributed by atoms with van der Waals surface area (Å²) in [6.07, 6.45) is -1.98. The molecular formula is C25H27F3N6O4S. The SMILES string of the molecule is CNSCC(=O)Nc1c2c(nn1-c1ccc(C)cn1)CC(CCOc1cccc(OCC(F)(F)F)c1)NC2=O. The van der Waals surface area contributed by atoms with Crippen LogP contribution in [0.5, 0.6) is 11.5 Å². The van der Waals surface area contributed by atoms with Crippen molar-refractivity contribution in [3.63, 3.8) is 0 Å². The van der Waals surface area contributed by atoms with Crippen molar-refractivity contribution >= 4 is 29.6 Å². The number of hydrogen-bond donors (Lipinski definition) is 3. The van der Waals surface area contributed by atoms with Crippen LogP contribution in [0.3, 0.4) is 0 Å². The minimum atomic E-state index is -4.44. The number of ether oxygens (including phenoxy) is 2. The van der Waals surface area contributed by atoms with Crippen molar-refractivity contribution in [3.8, 4) is 17.3 Å². The van der Waals surface area contributed by atoms with E-state index in [1.807, 2.05) is 13.0 Å². The molecule has 0 saturated carbocycles. The normalized spacial score (nSPS) is 14.9. The van der Waals surface area contributed by atoms with Crippen molar-refractivity contribution < 1.29 is 32.2 Å². The van der Waals surface area contributed by atoms with Crippen LogP contribution in [0.2, 0.25) is 0 Å². The van der Waals surface area contributed by atoms with Gasteiger partial charge in [0.2, 0.25) is 5.91 Å². The van der Waals surface area contributed by atoms with Gasteiger partial charge in [0.1, 0.15) is 17.1 Å². The standard InChI is InChI=1S/C25H27F3N6O4S/c1-15-6-7-20(30-12-15)34-23(32-21(35)13-39-29-2)22-19(33-34)10-16(31-24(22)36)8-9-37-17-4-3-5-18(11-17)38-14-25(26,27)28/h3-7,11-12,16,29H,8-10,13-14H2,1-2H3,(H,31,36)(H,32,35). The molecule has 10 nitrogen and oxygen atoms in total. The van der Waals surface area contributed by atoms with Gasteiger partial charge < -0.3 is 20.1 Å². The Morgan fingerprint density at radius 3 is 2.69 bits per heavy atom. The highest BCUT2D eigenvalue weighted by Gasteiger charge is 2.33. The first kappa shape index (κ1) is 28.2. The predicted octanol–water partition coefficient (Wildman–Crippen LogP) is 3.45. The number of nitrogens with one attached hydrogen (secondary N) is 3. The van der Waals surface area contributed by atoms with Crippen LogP contribution < -0.4 is 24.8 Å². The van der Waals surface area contributed by atoms with Gasteiger partial charge in [0.25, 0.3) is 5.91 Å². The first-order valence-electron chi connectivity index (χ1n) is 12.0. The van der Waals surface area contributed by atoms with Gasteiger partial charge in [0, 0.05) is 31.1 Å². The van der Waals surface area contributed by atoms with E-state index >= 15 is 0 Å². The van der Waals surface area contributed by atoms with Gasteiger partial charge >= 0.3 is 6.18 Å². The lowest BCUT2D eigenvalue weighted by Crippen LogP contribution is -2.42. The smallest absolute Gasteiger partial charge is 0.422 e. The molecule has 4 rings (SSSR count). The molecule has 0 bridgehead atoms. The molecule has 1 aromatic carbocycles. The minimum Gasteiger partial charge on any atom is -0.493 e. The van der Waals surface area contributed by atoms with Crippen molar-refractivity contribution in [1.82, 2.24) is 24.8 Å². The zero-order valence-electron chi connectivity index (χ0n) is 21.2. The van der Waals surface area contributed by atoms with Crippen LogP contribution >= 0.6 is 11.9 Å². The number of aromatic nitrogens is 3. The Kier molecular flexibility index (Phi) is 8.97. The number of pyridine rings is 1. The van der Waals surface area contributed by atoms with E-state index in [4.69, 9.17) is 9.47 Å². The van der Waals surface area contributed by atoms with Gasteiger partial charge in [-0.1, -0.05) is 24.1 Å². The van der Waals surface area contributed by atoms with Crippen molar-refractivity contribution in [2.24, 2.45) is 0 Å². The fourth-order valence-corrected chi connectivity index (χ4v) is 4.22. The van der Waals surface area contributed by atoms with E-state index in [-0.39, 0.29) is 41.4 Å². The zero-order valence-corrected chi connectivity index (χ0v) is 22.0. The summed E-state index contributed by atoms with van der Waals surface area (Å²) in [5.41, 5.74) is 1.72. The first-order chi connectivity index (χ1) is 18.6. The Labute approximate surface area is 226 Å². The number of alkyl halides is 3. The van der Waals surface area contributed by atoms with Crippen molar-refractivity contribution in [3.05, 3.63) is 59.4 Å². The lowest BCUT2D eigenvalue weighted by molar-refractivity contribution is -0.153. The molecule has 3 heterocycles. The monoisotopic (exact) mass is 564 g/mol. The molecule has 2 aromatic heterocycles. The minimum absolute atomic E-state index is 0.0402. The second-order valence-corrected chi connectivity index (χ2v) is 9.69. The molecule has 208 valence electrons. The van der Waals surface area contributed by atoms with Gasteiger partial charge in [-0.05, 0) is 37.7 Å². The molecule has 3 N–H and O–H groups in total. The maximum atomic E-state index is 13.1. The van der Waals surface area contributed by atoms with Crippen LogP contribution in [0.4, 0.5) is 19.0 Å². The number of hydrogen-bond acceptors (Lipinski definition) is 8. The number of benzene rings is 1. The lowest BCUT2D eigenvalue weighted by Gasteiger charge is -2.23. The predicted molar refractivity (Wildman–Crippen MR) is 139 cm³/mol. The third-order valence-electron chi connectivity index (χ3n) is 5.62. The topological polar surface area (TPSA) is 119 Å². The number of nitrogens with zero attached hydrogens (tertiary/aromatic N) is 3. The summed E-state index contributed by atoms with van der Waals surface area (Å²) in [4.78, 5) is 30.0. The largest absolute Gasteiger partial charge is 0.493 e. The van der Waals surface area contributed by atoms with Crippen molar-refractivity contribution in [2.75, 3.05) is 31.3 Å². The van der Waals surface area contributed by atoms with Gasteiger partial charge in [-0.15, -0.1) is 0 Å². The van der Waals surface area contributed by atoms with Gasteiger partial charge in [0.05, 0.1) is 18.1 Å². The van der Waals surface area contributed by atoms with Crippen LogP contribution in [0.1, 0.15) is 28.0 Å². The Bertz CT molecular complexity index is 1320. The number of halogens is 3. The van der Waals surface area contributed by atoms with Gasteiger partial charge in [-0.3, -0.25) is 14.3 Å². The second kappa shape index (κ2) is 12.4. The summed E-state index contributed by atoms with van der Waals surface area (Å²) in [7, 11) is 1.70. The number of amides is 2. The van der Waals surface area contributed by atoms with E-state index in [9.17, 15) is 22.8 Å². The molecule has 1 atom stereocenters. The van der Waals surface area contributed by atoms with Crippen LogP contribution in [-0.2, 0) is 11.2 Å². The number of anilines is 1. The summed E-state index contributed by atoms with van der Waals surface area (Å²) >= 11 is 1.21. The first-order valence-corrected chi connectivity index (χ1v) is 13.0. The van der Waals surface area contributed by atoms with Gasteiger partial charge in [-0.25, -0.2) is 4.98 Å². The maximum Gasteiger partial charge on any atom is 0.422 e. The number of carbonyl (C=O) groups is 2. The van der Waals surface area contributed by atoms with Gasteiger partial charge in [-0.2, -0.15) is 23.0 Å². The van der Waals surface area contributed by atoms with E-state index in [1.165, 1.54) is 34.8 Å². The van der Waals surface area contributed by atoms with E-state index in [0.717, 1.165) is 5.56 Å². The van der Waals surface area contributed by atoms with Crippen LogP contribution in [0.25, 0.3) is 5.82 Å². The Morgan fingerprint density at radius 2 is 2.00 bits per heavy atom. The third-order valence-corrected chi connectivity index (χ3v) is 6.32. The summed E-state index contributed by atoms with van der Waals surface area (Å²) < 4.78 is 52.0. The molecule has 0 aliphatic carbocycles. The molecule has 39 heavy (non-hydrogen) atoms. The summed E-state index contributed by atoms with van der Waals surface area (Å²) in [5, 5.41) is 10.3. The quantitative estimate of drug-likeness (QED) is 0.303. The lowest BCUT2D eigenvalue weighted by atomic mass is 9.99. The fourth-order valence-electron chi connectivity index (χ4n) is 3.87. The van der Waals surface area contributed by atoms with E-state index < -0.39 is 18.7 Å². The molecule has 0 saturated heterocycles. The van der Waals surface area contributed by atoms with Crippen LogP contribution in [-0.4, -0.2) is 64.8 Å². The fraction of sp³-hybridized carbons (Fsp3) is 0.360. The molecule has 1 aliphatic heterocycles. The second-order valence-electron chi connectivity index (χ2n) is 8.71. The summed E-state index contributed by atoms with van der Waals surface area (Å²) in [5.74, 6) is 0.503. The average Bonchev–Trinajstić information content (AvgIpc) is 3.25. The number of aryl methyl sites for hydroxylation is 1. The Balaban J connectivity index is 1.45. The van der Waals surface area contributed by atoms with E-state index in [0.29, 0.717) is 30.1 Å². The molecule has 0 radical (unpaired) electrons. The maximum absolute atomic E-state index is 13.1. The van der Waals surface area contributed by atoms with E-state index in [2.05, 4.69) is 25.4 Å². The Morgan fingerprint density at radius 1 is 1.23 bits per heavy atom. The number of carbonyl (C=O) groups excluding carboxylic acids is 2. The van der Waals surface area contributed by atoms with Crippen LogP contribution in [0, 0.1) is 6.92 Å². The highest BCUT2D eigenvalue weighted by molar-refractivity contribution is 7.98. The number of fused-ring (bicyclic) bond motifs is 1. The highest BCUT2D eigenvalue weighted by atomic mass is 32.2. The van der Waals surface area contributed by atoms with Gasteiger partial charge in [0.15, 0.2) is 18.2 Å². The van der Waals surface area contributed by atoms with E-state index in [1.54, 1.807) is 25.4 Å². The molecule has 0 fully saturated rings. The van der Waals surface area contributed by atoms with Crippen LogP contribution in [0.15, 0.2) is 42.6 Å². The van der Waals surface area contributed by atoms with Crippen molar-refractivity contribution in [2.45, 2.75) is 32.0 Å². The molecular weight excluding hydrogens is 537 g/mol. The molecule has 0 spiro atoms. The molecule has 14 heteroatoms. The third kappa shape index (κ3) is 7.63. The molecule has 1 aliphatic rings. The van der Waals surface area contributed by atoms with Crippen molar-refractivity contribution in [1.29, 1.82) is 0 Å². The molecule has 1 unspecified atom stereocenters. The average molecular weight is 565 g/mol. The number of rotatable bonds is 11. The highest BCUT2D eigenvalue weighted by Crippen LogP contribution is 2.28. The molecule has 3 aromatic rings. The zero-order chi connectivity index (χ0) is 28.0. The molecule has 2 amide bonds. The summed E-state index contributed by atoms with van der Waals surface area (Å²) in [6, 6.07) is 9.22. The summed E-state index contributed by atoms with van der Waals surface area (Å²) in [6.45, 7) is 0.691. The Hall–Kier alpha value is -3.78.